The number of esters is 4. The maximum atomic E-state index is 13.1. The van der Waals surface area contributed by atoms with Crippen molar-refractivity contribution in [3.05, 3.63) is 154 Å². The molecule has 0 spiro atoms. The summed E-state index contributed by atoms with van der Waals surface area (Å²) in [5, 5.41) is 9.66. The summed E-state index contributed by atoms with van der Waals surface area (Å²) in [6.45, 7) is 4.42. The number of rotatable bonds is 24. The molecule has 0 saturated heterocycles. The summed E-state index contributed by atoms with van der Waals surface area (Å²) < 4.78 is 22.1. The van der Waals surface area contributed by atoms with Crippen LogP contribution in [0.5, 0.6) is 23.0 Å². The van der Waals surface area contributed by atoms with Gasteiger partial charge in [0.2, 0.25) is 0 Å². The van der Waals surface area contributed by atoms with E-state index < -0.39 is 23.9 Å². The lowest BCUT2D eigenvalue weighted by Gasteiger charge is -2.10. The van der Waals surface area contributed by atoms with Crippen LogP contribution >= 0.6 is 0 Å². The van der Waals surface area contributed by atoms with E-state index in [1.807, 2.05) is 30.3 Å². The third kappa shape index (κ3) is 15.2. The zero-order chi connectivity index (χ0) is 43.9. The Morgan fingerprint density at radius 3 is 1.13 bits per heavy atom. The number of hydrogen-bond donors (Lipinski definition) is 0. The number of nitrogens with zero attached hydrogens (tertiary/aromatic N) is 1. The molecule has 0 heterocycles. The minimum Gasteiger partial charge on any atom is -0.423 e. The average molecular weight is 836 g/mol. The molecule has 5 rings (SSSR count). The fourth-order valence-corrected chi connectivity index (χ4v) is 6.91. The van der Waals surface area contributed by atoms with Crippen molar-refractivity contribution in [3.8, 4) is 29.1 Å². The van der Waals surface area contributed by atoms with Crippen molar-refractivity contribution in [1.82, 2.24) is 0 Å². The Morgan fingerprint density at radius 1 is 0.403 bits per heavy atom. The summed E-state index contributed by atoms with van der Waals surface area (Å²) in [6, 6.07) is 32.6. The molecule has 5 aromatic carbocycles. The summed E-state index contributed by atoms with van der Waals surface area (Å²) in [5.41, 5.74) is 3.57. The molecule has 9 heteroatoms. The molecule has 0 aliphatic rings. The summed E-state index contributed by atoms with van der Waals surface area (Å²) in [4.78, 5) is 51.7. The minimum absolute atomic E-state index is 0.0377. The number of nitriles is 1. The van der Waals surface area contributed by atoms with Gasteiger partial charge < -0.3 is 18.9 Å². The topological polar surface area (TPSA) is 129 Å². The SMILES string of the molecule is CCCCCCCCCCCCc1ccc(C(=O)Oc2ccc(C(=O)Oc3ccc(C#N)c(OC(=O)c4ccc(OC(=O)c5ccc(CCCCCC)cc5)cc4)c3)cc2)cc1. The summed E-state index contributed by atoms with van der Waals surface area (Å²) in [5.74, 6) is -2.08. The molecule has 0 aromatic heterocycles. The zero-order valence-corrected chi connectivity index (χ0v) is 36.0. The molecule has 0 aliphatic heterocycles. The molecule has 0 amide bonds. The van der Waals surface area contributed by atoms with Crippen LogP contribution in [0.2, 0.25) is 0 Å². The van der Waals surface area contributed by atoms with Gasteiger partial charge in [-0.1, -0.05) is 115 Å². The van der Waals surface area contributed by atoms with E-state index >= 15 is 0 Å². The van der Waals surface area contributed by atoms with Crippen molar-refractivity contribution in [2.24, 2.45) is 0 Å². The third-order valence-corrected chi connectivity index (χ3v) is 10.6. The summed E-state index contributed by atoms with van der Waals surface area (Å²) >= 11 is 0. The predicted octanol–water partition coefficient (Wildman–Crippen LogP) is 13.0. The highest BCUT2D eigenvalue weighted by Gasteiger charge is 2.17. The number of aryl methyl sites for hydroxylation is 2. The zero-order valence-electron chi connectivity index (χ0n) is 36.0. The van der Waals surface area contributed by atoms with Crippen LogP contribution in [0.15, 0.2) is 115 Å². The van der Waals surface area contributed by atoms with Gasteiger partial charge in [0.1, 0.15) is 23.3 Å². The van der Waals surface area contributed by atoms with Gasteiger partial charge in [-0.25, -0.2) is 19.2 Å². The molecule has 0 N–H and O–H groups in total. The average Bonchev–Trinajstić information content (AvgIpc) is 3.29. The van der Waals surface area contributed by atoms with Crippen molar-refractivity contribution < 1.29 is 38.1 Å². The Bertz CT molecular complexity index is 2240. The first kappa shape index (κ1) is 46.5. The fourth-order valence-electron chi connectivity index (χ4n) is 6.91. The predicted molar refractivity (Wildman–Crippen MR) is 240 cm³/mol. The molecule has 5 aromatic rings. The number of benzene rings is 5. The Balaban J connectivity index is 1.06. The number of hydrogen-bond acceptors (Lipinski definition) is 9. The molecule has 0 aliphatic carbocycles. The van der Waals surface area contributed by atoms with Crippen LogP contribution in [0.4, 0.5) is 0 Å². The molecule has 0 radical (unpaired) electrons. The lowest BCUT2D eigenvalue weighted by Crippen LogP contribution is -2.12. The second-order valence-electron chi connectivity index (χ2n) is 15.5. The van der Waals surface area contributed by atoms with E-state index in [1.165, 1.54) is 155 Å². The van der Waals surface area contributed by atoms with Crippen LogP contribution in [0.25, 0.3) is 0 Å². The lowest BCUT2D eigenvalue weighted by molar-refractivity contribution is 0.0723. The third-order valence-electron chi connectivity index (χ3n) is 10.6. The molecule has 0 fully saturated rings. The van der Waals surface area contributed by atoms with Crippen molar-refractivity contribution >= 4 is 23.9 Å². The quantitative estimate of drug-likeness (QED) is 0.0339. The van der Waals surface area contributed by atoms with Gasteiger partial charge in [0.25, 0.3) is 0 Å². The smallest absolute Gasteiger partial charge is 0.343 e. The molecule has 62 heavy (non-hydrogen) atoms. The van der Waals surface area contributed by atoms with Gasteiger partial charge in [-0.2, -0.15) is 5.26 Å². The highest BCUT2D eigenvalue weighted by molar-refractivity contribution is 5.94. The Kier molecular flexibility index (Phi) is 19.0. The van der Waals surface area contributed by atoms with Gasteiger partial charge in [-0.15, -0.1) is 0 Å². The normalized spacial score (nSPS) is 10.7. The van der Waals surface area contributed by atoms with E-state index in [2.05, 4.69) is 13.8 Å². The van der Waals surface area contributed by atoms with Crippen LogP contribution in [-0.2, 0) is 12.8 Å². The Morgan fingerprint density at radius 2 is 0.726 bits per heavy atom. The minimum atomic E-state index is -0.775. The standard InChI is InChI=1S/C53H57NO8/c1-3-5-7-9-10-11-12-13-14-16-18-40-21-25-42(26-22-40)50(55)59-46-32-27-43(28-33-46)52(57)61-48-36-31-45(38-54)49(37-48)62-53(58)44-29-34-47(35-30-44)60-51(56)41-23-19-39(20-24-41)17-15-8-6-4-2/h19-37H,3-18H2,1-2H3. The largest absolute Gasteiger partial charge is 0.423 e. The van der Waals surface area contributed by atoms with Crippen molar-refractivity contribution in [2.45, 2.75) is 117 Å². The fraction of sp³-hybridized carbons (Fsp3) is 0.340. The molecule has 0 atom stereocenters. The van der Waals surface area contributed by atoms with Crippen molar-refractivity contribution in [2.75, 3.05) is 0 Å². The number of carbonyl (C=O) groups is 4. The van der Waals surface area contributed by atoms with Gasteiger partial charge >= 0.3 is 23.9 Å². The van der Waals surface area contributed by atoms with Gasteiger partial charge in [-0.3, -0.25) is 0 Å². The Hall–Kier alpha value is -6.53. The maximum absolute atomic E-state index is 13.1. The number of ether oxygens (including phenoxy) is 4. The van der Waals surface area contributed by atoms with Crippen molar-refractivity contribution in [1.29, 1.82) is 5.26 Å². The van der Waals surface area contributed by atoms with E-state index in [-0.39, 0.29) is 39.7 Å². The first-order valence-electron chi connectivity index (χ1n) is 22.1. The second-order valence-corrected chi connectivity index (χ2v) is 15.5. The number of unbranched alkanes of at least 4 members (excludes halogenated alkanes) is 12. The molecule has 322 valence electrons. The summed E-state index contributed by atoms with van der Waals surface area (Å²) in [7, 11) is 0. The van der Waals surface area contributed by atoms with Gasteiger partial charge in [0.15, 0.2) is 5.75 Å². The summed E-state index contributed by atoms with van der Waals surface area (Å²) in [6.07, 6.45) is 19.5. The van der Waals surface area contributed by atoms with Gasteiger partial charge in [-0.05, 0) is 122 Å². The molecule has 9 nitrogen and oxygen atoms in total. The van der Waals surface area contributed by atoms with Gasteiger partial charge in [0, 0.05) is 6.07 Å². The van der Waals surface area contributed by atoms with Crippen LogP contribution < -0.4 is 18.9 Å². The van der Waals surface area contributed by atoms with Crippen LogP contribution in [0.3, 0.4) is 0 Å². The molecular weight excluding hydrogens is 779 g/mol. The molecule has 0 unspecified atom stereocenters. The van der Waals surface area contributed by atoms with E-state index in [1.54, 1.807) is 24.3 Å². The Labute approximate surface area is 366 Å². The highest BCUT2D eigenvalue weighted by atomic mass is 16.6. The number of carbonyl (C=O) groups excluding carboxylic acids is 4. The van der Waals surface area contributed by atoms with E-state index in [4.69, 9.17) is 18.9 Å². The van der Waals surface area contributed by atoms with Crippen LogP contribution in [-0.4, -0.2) is 23.9 Å². The first-order valence-corrected chi connectivity index (χ1v) is 22.1. The molecule has 0 saturated carbocycles. The van der Waals surface area contributed by atoms with E-state index in [0.29, 0.717) is 11.1 Å². The second kappa shape index (κ2) is 25.3. The molecule has 0 bridgehead atoms. The molecular formula is C53H57NO8. The van der Waals surface area contributed by atoms with E-state index in [0.717, 1.165) is 25.7 Å². The highest BCUT2D eigenvalue weighted by Crippen LogP contribution is 2.27. The van der Waals surface area contributed by atoms with Crippen LogP contribution in [0, 0.1) is 11.3 Å². The van der Waals surface area contributed by atoms with Crippen LogP contribution in [0.1, 0.15) is 162 Å². The lowest BCUT2D eigenvalue weighted by atomic mass is 10.0. The van der Waals surface area contributed by atoms with Gasteiger partial charge in [0.05, 0.1) is 27.8 Å². The van der Waals surface area contributed by atoms with Crippen molar-refractivity contribution in [3.63, 3.8) is 0 Å². The van der Waals surface area contributed by atoms with E-state index in [9.17, 15) is 24.4 Å². The maximum Gasteiger partial charge on any atom is 0.343 e. The monoisotopic (exact) mass is 835 g/mol. The first-order chi connectivity index (χ1) is 30.3.